The Labute approximate surface area is 422 Å². The maximum Gasteiger partial charge on any atom is 0.0565 e. The fraction of sp³-hybridized carbons (Fsp3) is 0.517. The van der Waals surface area contributed by atoms with Crippen molar-refractivity contribution in [2.24, 2.45) is 0 Å². The largest absolute Gasteiger partial charge is 0.369 e. The Balaban J connectivity index is 0.000000174. The molecule has 4 aromatic rings. The van der Waals surface area contributed by atoms with E-state index in [1.165, 1.54) is 61.3 Å². The van der Waals surface area contributed by atoms with E-state index in [0.717, 1.165) is 153 Å². The summed E-state index contributed by atoms with van der Waals surface area (Å²) in [4.78, 5) is 26.7. The third-order valence-corrected chi connectivity index (χ3v) is 11.9. The number of hydrogen-bond acceptors (Lipinski definition) is 12. The van der Waals surface area contributed by atoms with Crippen LogP contribution in [-0.2, 0) is 0 Å². The summed E-state index contributed by atoms with van der Waals surface area (Å²) in [5, 5.41) is 13.6. The van der Waals surface area contributed by atoms with Gasteiger partial charge in [0.2, 0.25) is 0 Å². The van der Waals surface area contributed by atoms with Gasteiger partial charge in [-0.05, 0) is 95.9 Å². The van der Waals surface area contributed by atoms with E-state index in [1.807, 2.05) is 56.5 Å². The van der Waals surface area contributed by atoms with Gasteiger partial charge >= 0.3 is 0 Å². The Morgan fingerprint density at radius 3 is 1.07 bits per heavy atom. The lowest BCUT2D eigenvalue weighted by Gasteiger charge is -2.21. The summed E-state index contributed by atoms with van der Waals surface area (Å²) in [6, 6.07) is 8.58. The molecule has 0 radical (unpaired) electrons. The summed E-state index contributed by atoms with van der Waals surface area (Å²) in [6.07, 6.45) is 26.2. The summed E-state index contributed by atoms with van der Waals surface area (Å²) in [7, 11) is 0. The van der Waals surface area contributed by atoms with Gasteiger partial charge in [-0.2, -0.15) is 0 Å². The lowest BCUT2D eigenvalue weighted by Crippen LogP contribution is -2.27. The molecule has 0 saturated carbocycles. The van der Waals surface area contributed by atoms with E-state index in [0.29, 0.717) is 0 Å². The first-order chi connectivity index (χ1) is 34.6. The molecule has 4 aliphatic heterocycles. The molecule has 0 atom stereocenters. The number of nitrogens with one attached hydrogen (secondary N) is 4. The van der Waals surface area contributed by atoms with E-state index in [1.54, 1.807) is 0 Å². The summed E-state index contributed by atoms with van der Waals surface area (Å²) in [5.74, 6) is 25.0. The standard InChI is InChI=1S/C16H23N3.C15H21N3.C14H19N3.C13H17N3/c1-2-3-4-5-7-15-12-16(14-18-13-15)19-10-6-8-17-9-11-19;1-2-3-4-6-14-11-15(13-17-12-14)18-9-5-7-16-8-10-18;1-2-3-5-13-10-14(12-16-11-13)17-8-4-6-15-7-9-17;1-2-4-12-9-13(11-15-10-12)16-7-3-5-14-6-8-16/h12-14,17H,2-4,6,8-11H2,1H3;11-13,16H,2-3,5,7-10H2,1H3;10-12,15H,2,4,6-9H2,1H3;9-11,14H,3,5-8H2,1H3. The van der Waals surface area contributed by atoms with Crippen LogP contribution in [0.1, 0.15) is 114 Å². The number of rotatable bonds is 7. The molecule has 0 aromatic carbocycles. The molecule has 4 aliphatic rings. The molecule has 4 saturated heterocycles. The Bertz CT molecular complexity index is 2320. The van der Waals surface area contributed by atoms with E-state index in [4.69, 9.17) is 0 Å². The molecule has 4 aromatic heterocycles. The summed E-state index contributed by atoms with van der Waals surface area (Å²) in [6.45, 7) is 25.5. The van der Waals surface area contributed by atoms with Gasteiger partial charge in [-0.1, -0.05) is 68.6 Å². The minimum absolute atomic E-state index is 0.887. The molecule has 12 nitrogen and oxygen atoms in total. The molecule has 8 heterocycles. The lowest BCUT2D eigenvalue weighted by molar-refractivity contribution is 0.724. The second-order valence-electron chi connectivity index (χ2n) is 17.6. The molecule has 0 spiro atoms. The Morgan fingerprint density at radius 1 is 0.400 bits per heavy atom. The van der Waals surface area contributed by atoms with E-state index < -0.39 is 0 Å². The molecule has 0 aliphatic carbocycles. The molecule has 4 N–H and O–H groups in total. The van der Waals surface area contributed by atoms with Crippen molar-refractivity contribution in [3.05, 3.63) is 96.1 Å². The van der Waals surface area contributed by atoms with Gasteiger partial charge in [0.15, 0.2) is 0 Å². The minimum Gasteiger partial charge on any atom is -0.369 e. The molecular weight excluding hydrogens is 865 g/mol. The van der Waals surface area contributed by atoms with E-state index in [-0.39, 0.29) is 0 Å². The van der Waals surface area contributed by atoms with Gasteiger partial charge in [0.05, 0.1) is 47.5 Å². The summed E-state index contributed by atoms with van der Waals surface area (Å²) < 4.78 is 0. The van der Waals surface area contributed by atoms with Gasteiger partial charge in [0.25, 0.3) is 0 Å². The van der Waals surface area contributed by atoms with Crippen LogP contribution in [0.3, 0.4) is 0 Å². The van der Waals surface area contributed by atoms with Gasteiger partial charge in [-0.15, -0.1) is 5.92 Å². The molecule has 0 amide bonds. The fourth-order valence-corrected chi connectivity index (χ4v) is 8.15. The molecule has 8 rings (SSSR count). The summed E-state index contributed by atoms with van der Waals surface area (Å²) >= 11 is 0. The van der Waals surface area contributed by atoms with Crippen LogP contribution in [0.15, 0.2) is 73.8 Å². The molecule has 372 valence electrons. The molecule has 4 fully saturated rings. The average Bonchev–Trinajstić information content (AvgIpc) is 4.05. The highest BCUT2D eigenvalue weighted by molar-refractivity contribution is 5.53. The number of hydrogen-bond donors (Lipinski definition) is 4. The van der Waals surface area contributed by atoms with E-state index in [2.05, 4.69) is 153 Å². The number of unbranched alkanes of at least 4 members (excludes halogenated alkanes) is 3. The van der Waals surface area contributed by atoms with Crippen molar-refractivity contribution >= 4 is 22.7 Å². The van der Waals surface area contributed by atoms with E-state index in [9.17, 15) is 0 Å². The number of anilines is 4. The monoisotopic (exact) mass is 945 g/mol. The van der Waals surface area contributed by atoms with Gasteiger partial charge < -0.3 is 40.9 Å². The maximum atomic E-state index is 4.32. The zero-order valence-electron chi connectivity index (χ0n) is 42.9. The zero-order valence-corrected chi connectivity index (χ0v) is 42.9. The first-order valence-corrected chi connectivity index (χ1v) is 26.1. The molecule has 12 heteroatoms. The highest BCUT2D eigenvalue weighted by Gasteiger charge is 2.13. The number of nitrogens with zero attached hydrogens (tertiary/aromatic N) is 8. The molecule has 0 unspecified atom stereocenters. The second kappa shape index (κ2) is 34.2. The van der Waals surface area contributed by atoms with Crippen LogP contribution < -0.4 is 40.9 Å². The molecule has 0 bridgehead atoms. The van der Waals surface area contributed by atoms with Gasteiger partial charge in [0, 0.05) is 145 Å². The first kappa shape index (κ1) is 54.8. The van der Waals surface area contributed by atoms with Crippen molar-refractivity contribution < 1.29 is 0 Å². The zero-order chi connectivity index (χ0) is 49.1. The predicted molar refractivity (Wildman–Crippen MR) is 294 cm³/mol. The Morgan fingerprint density at radius 2 is 0.743 bits per heavy atom. The molecular formula is C58H80N12. The van der Waals surface area contributed by atoms with Crippen LogP contribution in [0.25, 0.3) is 0 Å². The lowest BCUT2D eigenvalue weighted by atomic mass is 10.2. The number of pyridine rings is 4. The topological polar surface area (TPSA) is 113 Å². The van der Waals surface area contributed by atoms with Crippen LogP contribution in [0.2, 0.25) is 0 Å². The van der Waals surface area contributed by atoms with Crippen LogP contribution in [0.4, 0.5) is 22.7 Å². The van der Waals surface area contributed by atoms with Crippen molar-refractivity contribution in [1.29, 1.82) is 0 Å². The Kier molecular flexibility index (Phi) is 26.8. The van der Waals surface area contributed by atoms with Crippen LogP contribution in [-0.4, -0.2) is 125 Å². The Hall–Kier alpha value is -6.12. The highest BCUT2D eigenvalue weighted by atomic mass is 15.2. The molecule has 70 heavy (non-hydrogen) atoms. The van der Waals surface area contributed by atoms with Gasteiger partial charge in [0.1, 0.15) is 0 Å². The average molecular weight is 945 g/mol. The predicted octanol–water partition coefficient (Wildman–Crippen LogP) is 7.35. The number of aromatic nitrogens is 4. The van der Waals surface area contributed by atoms with Gasteiger partial charge in [-0.3, -0.25) is 19.9 Å². The highest BCUT2D eigenvalue weighted by Crippen LogP contribution is 2.18. The van der Waals surface area contributed by atoms with Crippen molar-refractivity contribution in [3.63, 3.8) is 0 Å². The quantitative estimate of drug-likeness (QED) is 0.110. The van der Waals surface area contributed by atoms with Crippen LogP contribution in [0.5, 0.6) is 0 Å². The van der Waals surface area contributed by atoms with Crippen LogP contribution >= 0.6 is 0 Å². The maximum absolute atomic E-state index is 4.32. The smallest absolute Gasteiger partial charge is 0.0565 e. The third kappa shape index (κ3) is 21.3. The second-order valence-corrected chi connectivity index (χ2v) is 17.6. The van der Waals surface area contributed by atoms with E-state index >= 15 is 0 Å². The van der Waals surface area contributed by atoms with Crippen molar-refractivity contribution in [3.8, 4) is 47.4 Å². The van der Waals surface area contributed by atoms with Crippen LogP contribution in [0, 0.1) is 47.4 Å². The third-order valence-electron chi connectivity index (χ3n) is 11.9. The van der Waals surface area contributed by atoms with Crippen molar-refractivity contribution in [1.82, 2.24) is 41.2 Å². The van der Waals surface area contributed by atoms with Crippen molar-refractivity contribution in [2.75, 3.05) is 124 Å². The minimum atomic E-state index is 0.887. The normalized spacial score (nSPS) is 15.8. The van der Waals surface area contributed by atoms with Gasteiger partial charge in [-0.25, -0.2) is 0 Å². The first-order valence-electron chi connectivity index (χ1n) is 26.1. The fourth-order valence-electron chi connectivity index (χ4n) is 8.15. The van der Waals surface area contributed by atoms with Crippen molar-refractivity contribution in [2.45, 2.75) is 91.9 Å². The summed E-state index contributed by atoms with van der Waals surface area (Å²) in [5.41, 5.74) is 8.84. The SMILES string of the molecule is CC#Cc1cncc(N2CCCNCC2)c1.CCC#Cc1cncc(N2CCCNCC2)c1.CCCC#Cc1cncc(N2CCCNCC2)c1.CCCCC#Cc1cncc(N2CCCNCC2)c1.